The van der Waals surface area contributed by atoms with Crippen LogP contribution in [0.15, 0.2) is 0 Å². The molecule has 0 spiro atoms. The smallest absolute Gasteiger partial charge is 0.402 e. The van der Waals surface area contributed by atoms with Gasteiger partial charge in [0.25, 0.3) is 0 Å². The molecule has 6 saturated carbocycles. The van der Waals surface area contributed by atoms with Crippen molar-refractivity contribution in [3.8, 4) is 0 Å². The van der Waals surface area contributed by atoms with E-state index in [4.69, 9.17) is 47.3 Å². The molecule has 0 radical (unpaired) electrons. The molecule has 0 heterocycles. The zero-order valence-corrected chi connectivity index (χ0v) is 17.7. The second-order valence-electron chi connectivity index (χ2n) is 9.78. The summed E-state index contributed by atoms with van der Waals surface area (Å²) in [5.41, 5.74) is -2.60. The maximum absolute atomic E-state index is 9.51. The van der Waals surface area contributed by atoms with Crippen molar-refractivity contribution in [2.75, 3.05) is 0 Å². The molecule has 180 valence electrons. The molecule has 13 heteroatoms. The summed E-state index contributed by atoms with van der Waals surface area (Å²) >= 11 is 0. The van der Waals surface area contributed by atoms with E-state index < -0.39 is 24.1 Å². The van der Waals surface area contributed by atoms with Crippen molar-refractivity contribution in [1.82, 2.24) is 0 Å². The van der Waals surface area contributed by atoms with Gasteiger partial charge >= 0.3 is 7.32 Å². The van der Waals surface area contributed by atoms with E-state index >= 15 is 0 Å². The van der Waals surface area contributed by atoms with Gasteiger partial charge in [-0.1, -0.05) is 0 Å². The van der Waals surface area contributed by atoms with Crippen LogP contribution < -0.4 is 17.7 Å². The van der Waals surface area contributed by atoms with E-state index in [-0.39, 0.29) is 16.8 Å². The summed E-state index contributed by atoms with van der Waals surface area (Å²) in [6.07, 6.45) is 10.8. The summed E-state index contributed by atoms with van der Waals surface area (Å²) in [6.45, 7) is 0. The first-order valence-corrected chi connectivity index (χ1v) is 10.8. The highest BCUT2D eigenvalue weighted by Crippen LogP contribution is 2.60. The molecule has 0 unspecified atom stereocenters. The molecule has 31 heavy (non-hydrogen) atoms. The average Bonchev–Trinajstić information content (AvgIpc) is 3.54. The minimum atomic E-state index is -2.17. The molecular weight excluding hydrogens is 413 g/mol. The molecule has 0 saturated heterocycles. The van der Waals surface area contributed by atoms with E-state index in [0.717, 1.165) is 77.0 Å². The highest BCUT2D eigenvalue weighted by Gasteiger charge is 2.68. The normalized spacial score (nSPS) is 30.5. The number of hydrogen-bond acceptors (Lipinski definition) is 12. The van der Waals surface area contributed by atoms with Crippen LogP contribution in [0.3, 0.4) is 0 Å². The second-order valence-corrected chi connectivity index (χ2v) is 9.78. The number of rotatable bonds is 6. The van der Waals surface area contributed by atoms with Crippen LogP contribution in [0.1, 0.15) is 77.0 Å². The van der Waals surface area contributed by atoms with Crippen LogP contribution in [0.2, 0.25) is 0 Å². The number of nitrogens with two attached hydrogens (primary N) is 3. The van der Waals surface area contributed by atoms with Gasteiger partial charge in [-0.2, -0.15) is 0 Å². The van der Waals surface area contributed by atoms with Crippen molar-refractivity contribution in [2.45, 2.75) is 111 Å². The predicted octanol–water partition coefficient (Wildman–Crippen LogP) is -2.25. The molecule has 0 aromatic heterocycles. The van der Waals surface area contributed by atoms with Gasteiger partial charge in [-0.25, -0.2) is 17.7 Å². The molecule has 0 aromatic carbocycles. The molecule has 6 rings (SSSR count). The summed E-state index contributed by atoms with van der Waals surface area (Å²) in [7, 11) is -2.17. The van der Waals surface area contributed by atoms with Gasteiger partial charge < -0.3 is 30.4 Å². The van der Waals surface area contributed by atoms with E-state index in [2.05, 4.69) is 0 Å². The third kappa shape index (κ3) is 5.23. The van der Waals surface area contributed by atoms with Crippen molar-refractivity contribution in [1.29, 1.82) is 0 Å². The Kier molecular flexibility index (Phi) is 6.85. The van der Waals surface area contributed by atoms with E-state index in [1.165, 1.54) is 0 Å². The minimum Gasteiger partial charge on any atom is -0.402 e. The molecule has 0 aliphatic heterocycles. The van der Waals surface area contributed by atoms with Gasteiger partial charge in [0.2, 0.25) is 0 Å². The van der Waals surface area contributed by atoms with Gasteiger partial charge in [-0.05, 0) is 77.0 Å². The van der Waals surface area contributed by atoms with E-state index in [1.54, 1.807) is 0 Å². The highest BCUT2D eigenvalue weighted by molar-refractivity contribution is 6.30. The molecule has 0 atom stereocenters. The van der Waals surface area contributed by atoms with Crippen LogP contribution in [-0.4, -0.2) is 71.3 Å². The van der Waals surface area contributed by atoms with E-state index in [9.17, 15) is 15.3 Å². The van der Waals surface area contributed by atoms with Gasteiger partial charge in [-0.15, -0.1) is 0 Å². The lowest BCUT2D eigenvalue weighted by molar-refractivity contribution is -0.0743. The second kappa shape index (κ2) is 8.42. The Morgan fingerprint density at radius 2 is 0.613 bits per heavy atom. The van der Waals surface area contributed by atoms with Crippen molar-refractivity contribution < 1.29 is 44.9 Å². The van der Waals surface area contributed by atoms with Crippen molar-refractivity contribution >= 4 is 7.32 Å². The maximum atomic E-state index is 9.51. The summed E-state index contributed by atoms with van der Waals surface area (Å²) in [4.78, 5) is 14.2. The summed E-state index contributed by atoms with van der Waals surface area (Å²) in [6, 6.07) is 0. The van der Waals surface area contributed by atoms with Crippen LogP contribution in [-0.2, 0) is 14.5 Å². The Morgan fingerprint density at radius 1 is 0.452 bits per heavy atom. The number of hydrogen-bond donors (Lipinski definition) is 9. The Morgan fingerprint density at radius 3 is 0.645 bits per heavy atom. The average molecular weight is 449 g/mol. The Balaban J connectivity index is 0.000000122. The highest BCUT2D eigenvalue weighted by atomic mass is 16.7. The van der Waals surface area contributed by atoms with Crippen molar-refractivity contribution in [2.24, 2.45) is 17.7 Å². The lowest BCUT2D eigenvalue weighted by Gasteiger charge is -2.17. The fraction of sp³-hybridized carbons (Fsp3) is 1.00. The number of aliphatic hydroxyl groups is 3. The molecule has 12 nitrogen and oxygen atoms in total. The molecule has 6 aliphatic rings. The molecule has 0 aromatic rings. The Hall–Kier alpha value is -0.415. The molecule has 0 amide bonds. The van der Waals surface area contributed by atoms with Crippen LogP contribution in [0.5, 0.6) is 0 Å². The Bertz CT molecular complexity index is 545. The van der Waals surface area contributed by atoms with Gasteiger partial charge in [0, 0.05) is 0 Å². The van der Waals surface area contributed by atoms with Crippen LogP contribution in [0.25, 0.3) is 0 Å². The van der Waals surface area contributed by atoms with Gasteiger partial charge in [0.1, 0.15) is 16.8 Å². The largest absolute Gasteiger partial charge is 0.631 e. The zero-order chi connectivity index (χ0) is 23.2. The van der Waals surface area contributed by atoms with Gasteiger partial charge in [0.15, 0.2) is 0 Å². The van der Waals surface area contributed by atoms with Crippen LogP contribution in [0.4, 0.5) is 0 Å². The minimum absolute atomic E-state index is 0.326. The third-order valence-electron chi connectivity index (χ3n) is 7.50. The summed E-state index contributed by atoms with van der Waals surface area (Å²) < 4.78 is 0. The lowest BCUT2D eigenvalue weighted by atomic mass is 10.1. The first kappa shape index (κ1) is 25.2. The van der Waals surface area contributed by atoms with Crippen LogP contribution in [0, 0.1) is 0 Å². The molecule has 6 fully saturated rings. The lowest BCUT2D eigenvalue weighted by Crippen LogP contribution is -2.35. The fourth-order valence-electron chi connectivity index (χ4n) is 4.14. The third-order valence-corrected chi connectivity index (χ3v) is 7.50. The molecule has 12 N–H and O–H groups in total. The van der Waals surface area contributed by atoms with Crippen LogP contribution >= 0.6 is 0 Å². The standard InChI is InChI=1S/3C6H11NO2.BH3O3/c3*7-9-6(3-4-6)5(8)1-2-5;2-1(3)4/h3*8H,1-4,7H2;2-4H. The summed E-state index contributed by atoms with van der Waals surface area (Å²) in [5.74, 6) is 15.1. The van der Waals surface area contributed by atoms with Crippen molar-refractivity contribution in [3.05, 3.63) is 0 Å². The quantitative estimate of drug-likeness (QED) is 0.155. The first-order chi connectivity index (χ1) is 14.4. The molecule has 6 aliphatic carbocycles. The monoisotopic (exact) mass is 449 g/mol. The van der Waals surface area contributed by atoms with E-state index in [0.29, 0.717) is 0 Å². The van der Waals surface area contributed by atoms with E-state index in [1.807, 2.05) is 0 Å². The molecular formula is C18H36BN3O9. The van der Waals surface area contributed by atoms with Gasteiger partial charge in [-0.3, -0.25) is 14.5 Å². The van der Waals surface area contributed by atoms with Gasteiger partial charge in [0.05, 0.1) is 16.8 Å². The summed E-state index contributed by atoms with van der Waals surface area (Å²) in [5, 5.41) is 50.0. The SMILES string of the molecule is NOC1(C2(O)CC2)CC1.NOC1(C2(O)CC2)CC1.NOC1(C2(O)CC2)CC1.OB(O)O. The Labute approximate surface area is 181 Å². The predicted molar refractivity (Wildman–Crippen MR) is 107 cm³/mol. The zero-order valence-electron chi connectivity index (χ0n) is 17.7. The first-order valence-electron chi connectivity index (χ1n) is 10.8. The maximum Gasteiger partial charge on any atom is 0.631 e. The molecule has 0 bridgehead atoms. The fourth-order valence-corrected chi connectivity index (χ4v) is 4.14. The van der Waals surface area contributed by atoms with Crippen molar-refractivity contribution in [3.63, 3.8) is 0 Å². The topological polar surface area (TPSA) is 227 Å².